The third-order valence-electron chi connectivity index (χ3n) is 3.88. The molecule has 0 aliphatic heterocycles. The summed E-state index contributed by atoms with van der Waals surface area (Å²) in [6.45, 7) is 4.72. The van der Waals surface area contributed by atoms with E-state index >= 15 is 0 Å². The standard InChI is InChI=1S/C20H24ClN3O3S/c1-4-11-23-28(26,27)19-12-17(9-10-18(19)21)20(25)22-13-15-5-7-16(8-6-15)14-24(2)3/h4-10,12,23H,1,11,13-14H2,2-3H3,(H,22,25). The molecule has 150 valence electrons. The molecule has 2 aromatic carbocycles. The highest BCUT2D eigenvalue weighted by molar-refractivity contribution is 7.89. The van der Waals surface area contributed by atoms with Crippen molar-refractivity contribution in [3.8, 4) is 0 Å². The van der Waals surface area contributed by atoms with E-state index in [1.807, 2.05) is 38.4 Å². The predicted octanol–water partition coefficient (Wildman–Crippen LogP) is 2.80. The highest BCUT2D eigenvalue weighted by Crippen LogP contribution is 2.22. The van der Waals surface area contributed by atoms with Crippen molar-refractivity contribution in [3.05, 3.63) is 76.8 Å². The summed E-state index contributed by atoms with van der Waals surface area (Å²) in [6.07, 6.45) is 1.42. The van der Waals surface area contributed by atoms with Crippen LogP contribution in [0.1, 0.15) is 21.5 Å². The van der Waals surface area contributed by atoms with Gasteiger partial charge in [-0.15, -0.1) is 6.58 Å². The Hall–Kier alpha value is -2.19. The molecule has 28 heavy (non-hydrogen) atoms. The minimum atomic E-state index is -3.83. The number of sulfonamides is 1. The van der Waals surface area contributed by atoms with Gasteiger partial charge in [0.15, 0.2) is 0 Å². The first-order valence-electron chi connectivity index (χ1n) is 8.64. The van der Waals surface area contributed by atoms with Crippen LogP contribution in [0.15, 0.2) is 60.0 Å². The van der Waals surface area contributed by atoms with Crippen LogP contribution in [0.3, 0.4) is 0 Å². The minimum absolute atomic E-state index is 0.0459. The molecule has 2 N–H and O–H groups in total. The molecule has 6 nitrogen and oxygen atoms in total. The smallest absolute Gasteiger partial charge is 0.251 e. The zero-order valence-electron chi connectivity index (χ0n) is 15.9. The van der Waals surface area contributed by atoms with E-state index in [2.05, 4.69) is 21.5 Å². The highest BCUT2D eigenvalue weighted by Gasteiger charge is 2.19. The van der Waals surface area contributed by atoms with E-state index in [1.165, 1.54) is 29.8 Å². The number of benzene rings is 2. The molecular weight excluding hydrogens is 398 g/mol. The maximum atomic E-state index is 12.4. The summed E-state index contributed by atoms with van der Waals surface area (Å²) in [7, 11) is 0.175. The van der Waals surface area contributed by atoms with Gasteiger partial charge in [-0.2, -0.15) is 0 Å². The number of nitrogens with one attached hydrogen (secondary N) is 2. The van der Waals surface area contributed by atoms with E-state index in [-0.39, 0.29) is 27.9 Å². The second kappa shape index (κ2) is 9.84. The van der Waals surface area contributed by atoms with Gasteiger partial charge in [-0.25, -0.2) is 13.1 Å². The van der Waals surface area contributed by atoms with Crippen LogP contribution < -0.4 is 10.0 Å². The monoisotopic (exact) mass is 421 g/mol. The summed E-state index contributed by atoms with van der Waals surface area (Å²) in [5.74, 6) is -0.380. The van der Waals surface area contributed by atoms with Gasteiger partial charge in [-0.3, -0.25) is 4.79 Å². The van der Waals surface area contributed by atoms with Gasteiger partial charge < -0.3 is 10.2 Å². The number of carbonyl (C=O) groups excluding carboxylic acids is 1. The van der Waals surface area contributed by atoms with Crippen molar-refractivity contribution in [2.24, 2.45) is 0 Å². The lowest BCUT2D eigenvalue weighted by molar-refractivity contribution is 0.0950. The molecule has 0 saturated heterocycles. The Bertz CT molecular complexity index is 942. The highest BCUT2D eigenvalue weighted by atomic mass is 35.5. The maximum Gasteiger partial charge on any atom is 0.251 e. The van der Waals surface area contributed by atoms with Crippen LogP contribution in [-0.4, -0.2) is 39.9 Å². The molecule has 0 spiro atoms. The molecule has 8 heteroatoms. The predicted molar refractivity (Wildman–Crippen MR) is 112 cm³/mol. The zero-order chi connectivity index (χ0) is 20.7. The summed E-state index contributed by atoms with van der Waals surface area (Å²) in [6, 6.07) is 12.1. The molecule has 0 saturated carbocycles. The van der Waals surface area contributed by atoms with Crippen LogP contribution in [0.2, 0.25) is 5.02 Å². The molecular formula is C20H24ClN3O3S. The zero-order valence-corrected chi connectivity index (χ0v) is 17.5. The second-order valence-electron chi connectivity index (χ2n) is 6.52. The number of carbonyl (C=O) groups is 1. The molecule has 2 aromatic rings. The number of rotatable bonds is 9. The Morgan fingerprint density at radius 2 is 1.79 bits per heavy atom. The Labute approximate surface area is 171 Å². The first kappa shape index (κ1) is 22.1. The molecule has 1 amide bonds. The van der Waals surface area contributed by atoms with E-state index in [0.717, 1.165) is 12.1 Å². The van der Waals surface area contributed by atoms with Crippen LogP contribution in [0, 0.1) is 0 Å². The van der Waals surface area contributed by atoms with Crippen molar-refractivity contribution in [3.63, 3.8) is 0 Å². The minimum Gasteiger partial charge on any atom is -0.348 e. The third-order valence-corrected chi connectivity index (χ3v) is 5.78. The molecule has 0 fully saturated rings. The Morgan fingerprint density at radius 1 is 1.14 bits per heavy atom. The van der Waals surface area contributed by atoms with Crippen molar-refractivity contribution in [1.29, 1.82) is 0 Å². The van der Waals surface area contributed by atoms with E-state index in [4.69, 9.17) is 11.6 Å². The average molecular weight is 422 g/mol. The Morgan fingerprint density at radius 3 is 2.39 bits per heavy atom. The van der Waals surface area contributed by atoms with Gasteiger partial charge in [0.2, 0.25) is 10.0 Å². The van der Waals surface area contributed by atoms with Gasteiger partial charge in [0, 0.05) is 25.2 Å². The van der Waals surface area contributed by atoms with Crippen LogP contribution in [0.25, 0.3) is 0 Å². The summed E-state index contributed by atoms with van der Waals surface area (Å²) >= 11 is 6.01. The number of hydrogen-bond donors (Lipinski definition) is 2. The fourth-order valence-corrected chi connectivity index (χ4v) is 4.03. The number of halogens is 1. The SMILES string of the molecule is C=CCNS(=O)(=O)c1cc(C(=O)NCc2ccc(CN(C)C)cc2)ccc1Cl. The summed E-state index contributed by atoms with van der Waals surface area (Å²) < 4.78 is 26.9. The molecule has 2 rings (SSSR count). The fourth-order valence-electron chi connectivity index (χ4n) is 2.51. The van der Waals surface area contributed by atoms with Crippen molar-refractivity contribution in [1.82, 2.24) is 14.9 Å². The molecule has 0 aliphatic rings. The topological polar surface area (TPSA) is 78.5 Å². The van der Waals surface area contributed by atoms with Gasteiger partial charge in [-0.1, -0.05) is 41.9 Å². The van der Waals surface area contributed by atoms with Gasteiger partial charge in [0.1, 0.15) is 4.90 Å². The number of nitrogens with zero attached hydrogens (tertiary/aromatic N) is 1. The van der Waals surface area contributed by atoms with Crippen molar-refractivity contribution >= 4 is 27.5 Å². The van der Waals surface area contributed by atoms with Gasteiger partial charge in [0.25, 0.3) is 5.91 Å². The van der Waals surface area contributed by atoms with E-state index < -0.39 is 10.0 Å². The molecule has 0 unspecified atom stereocenters. The van der Waals surface area contributed by atoms with Gasteiger partial charge in [-0.05, 0) is 43.4 Å². The quantitative estimate of drug-likeness (QED) is 0.610. The van der Waals surface area contributed by atoms with Crippen molar-refractivity contribution < 1.29 is 13.2 Å². The largest absolute Gasteiger partial charge is 0.348 e. The van der Waals surface area contributed by atoms with Crippen molar-refractivity contribution in [2.45, 2.75) is 18.0 Å². The maximum absolute atomic E-state index is 12.4. The van der Waals surface area contributed by atoms with E-state index in [0.29, 0.717) is 6.54 Å². The first-order chi connectivity index (χ1) is 13.2. The molecule has 0 radical (unpaired) electrons. The van der Waals surface area contributed by atoms with Crippen molar-refractivity contribution in [2.75, 3.05) is 20.6 Å². The molecule has 0 aromatic heterocycles. The lowest BCUT2D eigenvalue weighted by Gasteiger charge is -2.11. The third kappa shape index (κ3) is 6.17. The summed E-state index contributed by atoms with van der Waals surface area (Å²) in [4.78, 5) is 14.4. The van der Waals surface area contributed by atoms with Crippen LogP contribution >= 0.6 is 11.6 Å². The summed E-state index contributed by atoms with van der Waals surface area (Å²) in [5.41, 5.74) is 2.34. The lowest BCUT2D eigenvalue weighted by atomic mass is 10.1. The average Bonchev–Trinajstić information content (AvgIpc) is 2.65. The van der Waals surface area contributed by atoms with Crippen LogP contribution in [0.5, 0.6) is 0 Å². The van der Waals surface area contributed by atoms with E-state index in [9.17, 15) is 13.2 Å². The molecule has 0 bridgehead atoms. The lowest BCUT2D eigenvalue weighted by Crippen LogP contribution is -2.26. The molecule has 0 heterocycles. The second-order valence-corrected chi connectivity index (χ2v) is 8.67. The Kier molecular flexibility index (Phi) is 7.77. The van der Waals surface area contributed by atoms with Crippen LogP contribution in [0.4, 0.5) is 0 Å². The van der Waals surface area contributed by atoms with Gasteiger partial charge in [0.05, 0.1) is 5.02 Å². The first-order valence-corrected chi connectivity index (χ1v) is 10.5. The Balaban J connectivity index is 2.08. The summed E-state index contributed by atoms with van der Waals surface area (Å²) in [5, 5.41) is 2.84. The number of hydrogen-bond acceptors (Lipinski definition) is 4. The number of amides is 1. The van der Waals surface area contributed by atoms with E-state index in [1.54, 1.807) is 0 Å². The molecule has 0 aliphatic carbocycles. The van der Waals surface area contributed by atoms with Gasteiger partial charge >= 0.3 is 0 Å². The van der Waals surface area contributed by atoms with Crippen LogP contribution in [-0.2, 0) is 23.1 Å². The fraction of sp³-hybridized carbons (Fsp3) is 0.250. The molecule has 0 atom stereocenters. The normalized spacial score (nSPS) is 11.4.